The molecule has 2 atom stereocenters. The Bertz CT molecular complexity index is 626. The van der Waals surface area contributed by atoms with Gasteiger partial charge in [-0.1, -0.05) is 6.07 Å². The Hall–Kier alpha value is -1.68. The molecule has 9 heteroatoms. The van der Waals surface area contributed by atoms with Gasteiger partial charge in [-0.3, -0.25) is 4.79 Å². The molecule has 1 aromatic rings. The highest BCUT2D eigenvalue weighted by molar-refractivity contribution is 7.84. The van der Waals surface area contributed by atoms with Crippen LogP contribution in [0.4, 0.5) is 0 Å². The number of carboxylic acid groups (broad SMARTS) is 1. The zero-order valence-electron chi connectivity index (χ0n) is 10.4. The number of epoxide rings is 1. The third kappa shape index (κ3) is 3.90. The van der Waals surface area contributed by atoms with Crippen molar-refractivity contribution in [2.24, 2.45) is 10.9 Å². The summed E-state index contributed by atoms with van der Waals surface area (Å²) in [7, 11) is -4.14. The minimum atomic E-state index is -4.14. The lowest BCUT2D eigenvalue weighted by Crippen LogP contribution is -2.20. The summed E-state index contributed by atoms with van der Waals surface area (Å²) in [6, 6.07) is 3.76. The summed E-state index contributed by atoms with van der Waals surface area (Å²) in [6.45, 7) is 0.429. The summed E-state index contributed by atoms with van der Waals surface area (Å²) >= 11 is 0. The Morgan fingerprint density at radius 2 is 2.20 bits per heavy atom. The van der Waals surface area contributed by atoms with Gasteiger partial charge in [0.25, 0.3) is 0 Å². The first-order valence-electron chi connectivity index (χ1n) is 5.71. The van der Waals surface area contributed by atoms with E-state index >= 15 is 0 Å². The zero-order chi connectivity index (χ0) is 14.9. The molecule has 0 radical (unpaired) electrons. The second-order valence-corrected chi connectivity index (χ2v) is 5.55. The van der Waals surface area contributed by atoms with Crippen molar-refractivity contribution in [3.63, 3.8) is 0 Å². The topological polar surface area (TPSA) is 145 Å². The monoisotopic (exact) mass is 302 g/mol. The van der Waals surface area contributed by atoms with Crippen LogP contribution in [-0.4, -0.2) is 26.1 Å². The van der Waals surface area contributed by atoms with Gasteiger partial charge in [0.05, 0.1) is 13.0 Å². The number of ether oxygens (including phenoxy) is 1. The van der Waals surface area contributed by atoms with Gasteiger partial charge < -0.3 is 19.8 Å². The van der Waals surface area contributed by atoms with Crippen LogP contribution in [0.5, 0.6) is 5.75 Å². The summed E-state index contributed by atoms with van der Waals surface area (Å²) in [5.74, 6) is -0.965. The molecule has 5 N–H and O–H groups in total. The summed E-state index contributed by atoms with van der Waals surface area (Å²) in [5.41, 5.74) is 6.80. The second kappa shape index (κ2) is 5.37. The lowest BCUT2D eigenvalue weighted by atomic mass is 10.0. The summed E-state index contributed by atoms with van der Waals surface area (Å²) in [4.78, 5) is 10.6. The lowest BCUT2D eigenvalue weighted by molar-refractivity contribution is -0.137. The average Bonchev–Trinajstić information content (AvgIpc) is 3.10. The van der Waals surface area contributed by atoms with Crippen LogP contribution >= 0.6 is 0 Å². The number of benzene rings is 1. The van der Waals surface area contributed by atoms with E-state index in [2.05, 4.69) is 4.18 Å². The van der Waals surface area contributed by atoms with E-state index in [0.717, 1.165) is 0 Å². The van der Waals surface area contributed by atoms with E-state index in [1.54, 1.807) is 6.07 Å². The average molecular weight is 302 g/mol. The largest absolute Gasteiger partial charge is 0.481 e. The quantitative estimate of drug-likeness (QED) is 0.617. The molecular weight excluding hydrogens is 288 g/mol. The van der Waals surface area contributed by atoms with Crippen molar-refractivity contribution in [1.82, 2.24) is 0 Å². The van der Waals surface area contributed by atoms with Gasteiger partial charge in [-0.25, -0.2) is 0 Å². The first-order chi connectivity index (χ1) is 9.26. The highest BCUT2D eigenvalue weighted by Crippen LogP contribution is 2.38. The van der Waals surface area contributed by atoms with Crippen molar-refractivity contribution in [3.8, 4) is 5.75 Å². The Balaban J connectivity index is 2.30. The molecule has 0 aliphatic carbocycles. The van der Waals surface area contributed by atoms with E-state index in [4.69, 9.17) is 20.7 Å². The fraction of sp³-hybridized carbons (Fsp3) is 0.364. The zero-order valence-corrected chi connectivity index (χ0v) is 11.2. The second-order valence-electron chi connectivity index (χ2n) is 4.40. The Morgan fingerprint density at radius 3 is 2.70 bits per heavy atom. The number of carboxylic acids is 1. The van der Waals surface area contributed by atoms with E-state index in [-0.39, 0.29) is 18.3 Å². The van der Waals surface area contributed by atoms with E-state index in [0.29, 0.717) is 17.7 Å². The van der Waals surface area contributed by atoms with Gasteiger partial charge in [0.1, 0.15) is 11.9 Å². The predicted octanol–water partition coefficient (Wildman–Crippen LogP) is -0.185. The van der Waals surface area contributed by atoms with Crippen LogP contribution in [-0.2, 0) is 19.8 Å². The minimum absolute atomic E-state index is 0.0567. The first-order valence-corrected chi connectivity index (χ1v) is 7.18. The molecule has 2 unspecified atom stereocenters. The van der Waals surface area contributed by atoms with Crippen LogP contribution in [0.15, 0.2) is 18.2 Å². The number of nitrogens with two attached hydrogens (primary N) is 2. The number of hydrogen-bond acceptors (Lipinski definition) is 6. The van der Waals surface area contributed by atoms with Gasteiger partial charge in [-0.2, -0.15) is 13.6 Å². The number of aliphatic carboxylic acids is 1. The van der Waals surface area contributed by atoms with Crippen molar-refractivity contribution < 1.29 is 27.2 Å². The van der Waals surface area contributed by atoms with E-state index in [1.807, 2.05) is 0 Å². The van der Waals surface area contributed by atoms with E-state index in [1.165, 1.54) is 12.1 Å². The molecule has 1 aromatic carbocycles. The number of carbonyl (C=O) groups is 1. The van der Waals surface area contributed by atoms with Gasteiger partial charge >= 0.3 is 16.3 Å². The fourth-order valence-corrected chi connectivity index (χ4v) is 2.19. The molecule has 0 saturated carbocycles. The smallest absolute Gasteiger partial charge is 0.380 e. The highest BCUT2D eigenvalue weighted by atomic mass is 32.2. The molecule has 1 fully saturated rings. The highest BCUT2D eigenvalue weighted by Gasteiger charge is 2.30. The molecular formula is C11H14N2O6S. The van der Waals surface area contributed by atoms with Gasteiger partial charge in [0, 0.05) is 11.6 Å². The summed E-state index contributed by atoms with van der Waals surface area (Å²) < 4.78 is 31.7. The molecule has 2 rings (SSSR count). The minimum Gasteiger partial charge on any atom is -0.481 e. The maximum atomic E-state index is 11.0. The number of hydrogen-bond donors (Lipinski definition) is 3. The molecule has 1 heterocycles. The van der Waals surface area contributed by atoms with Crippen LogP contribution in [0, 0.1) is 0 Å². The van der Waals surface area contributed by atoms with Crippen molar-refractivity contribution >= 4 is 16.3 Å². The van der Waals surface area contributed by atoms with E-state index < -0.39 is 22.3 Å². The Labute approximate surface area is 115 Å². The maximum absolute atomic E-state index is 11.0. The molecule has 1 aliphatic heterocycles. The number of rotatable bonds is 6. The SMILES string of the molecule is NC(CC(=O)O)c1ccc(OS(N)(=O)=O)c(C2CO2)c1. The third-order valence-electron chi connectivity index (χ3n) is 2.74. The first kappa shape index (κ1) is 14.7. The third-order valence-corrected chi connectivity index (χ3v) is 3.15. The molecule has 20 heavy (non-hydrogen) atoms. The summed E-state index contributed by atoms with van der Waals surface area (Å²) in [5, 5.41) is 13.5. The van der Waals surface area contributed by atoms with Gasteiger partial charge in [0.15, 0.2) is 0 Å². The van der Waals surface area contributed by atoms with Crippen LogP contribution in [0.1, 0.15) is 29.7 Å². The molecule has 0 aromatic heterocycles. The molecule has 0 amide bonds. The molecule has 1 aliphatic rings. The standard InChI is InChI=1S/C11H14N2O6S/c12-8(4-11(14)15)6-1-2-9(19-20(13,16)17)7(3-6)10-5-18-10/h1-3,8,10H,4-5,12H2,(H,14,15)(H2,13,16,17). The van der Waals surface area contributed by atoms with Crippen molar-refractivity contribution in [2.45, 2.75) is 18.6 Å². The van der Waals surface area contributed by atoms with Gasteiger partial charge in [-0.05, 0) is 17.7 Å². The molecule has 110 valence electrons. The fourth-order valence-electron chi connectivity index (χ4n) is 1.78. The Kier molecular flexibility index (Phi) is 3.95. The van der Waals surface area contributed by atoms with Crippen molar-refractivity contribution in [1.29, 1.82) is 0 Å². The predicted molar refractivity (Wildman–Crippen MR) is 68.1 cm³/mol. The molecule has 0 bridgehead atoms. The van der Waals surface area contributed by atoms with Crippen LogP contribution in [0.2, 0.25) is 0 Å². The van der Waals surface area contributed by atoms with Gasteiger partial charge in [0.2, 0.25) is 0 Å². The van der Waals surface area contributed by atoms with Crippen molar-refractivity contribution in [3.05, 3.63) is 29.3 Å². The molecule has 1 saturated heterocycles. The van der Waals surface area contributed by atoms with Crippen LogP contribution in [0.3, 0.4) is 0 Å². The normalized spacial score (nSPS) is 19.4. The van der Waals surface area contributed by atoms with Crippen LogP contribution in [0.25, 0.3) is 0 Å². The summed E-state index contributed by atoms with van der Waals surface area (Å²) in [6.07, 6.45) is -0.524. The lowest BCUT2D eigenvalue weighted by Gasteiger charge is -2.13. The molecule has 0 spiro atoms. The van der Waals surface area contributed by atoms with Gasteiger partial charge in [-0.15, -0.1) is 0 Å². The maximum Gasteiger partial charge on any atom is 0.380 e. The molecule has 8 nitrogen and oxygen atoms in total. The van der Waals surface area contributed by atoms with E-state index in [9.17, 15) is 13.2 Å². The Morgan fingerprint density at radius 1 is 1.55 bits per heavy atom. The van der Waals surface area contributed by atoms with Crippen LogP contribution < -0.4 is 15.1 Å². The van der Waals surface area contributed by atoms with Crippen molar-refractivity contribution in [2.75, 3.05) is 6.61 Å².